The summed E-state index contributed by atoms with van der Waals surface area (Å²) in [7, 11) is 1.72. The summed E-state index contributed by atoms with van der Waals surface area (Å²) in [6.07, 6.45) is 0.353. The van der Waals surface area contributed by atoms with Crippen LogP contribution in [0.5, 0.6) is 5.75 Å². The standard InChI is InChI=1S/C21H22N2O6S/c1-23-15-6-5-13(10-19(24)25)29-17(15)11-28-16-7-4-12(9-14(16)21(23)27)22-20(26)18-3-2-8-30-18/h2-4,7-9,13,15,17H,5-6,10-11H2,1H3,(H,22,26)(H,24,25)/t13-,15-,17+/m1/s1. The number of amides is 2. The molecule has 8 nitrogen and oxygen atoms in total. The fraction of sp³-hybridized carbons (Fsp3) is 0.381. The molecule has 3 atom stereocenters. The third kappa shape index (κ3) is 4.17. The van der Waals surface area contributed by atoms with Crippen LogP contribution in [0, 0.1) is 0 Å². The van der Waals surface area contributed by atoms with Crippen LogP contribution in [0.3, 0.4) is 0 Å². The van der Waals surface area contributed by atoms with Crippen LogP contribution in [0.4, 0.5) is 5.69 Å². The van der Waals surface area contributed by atoms with Gasteiger partial charge in [-0.25, -0.2) is 0 Å². The maximum atomic E-state index is 13.2. The van der Waals surface area contributed by atoms with Crippen LogP contribution in [-0.4, -0.2) is 59.7 Å². The zero-order valence-corrected chi connectivity index (χ0v) is 17.2. The van der Waals surface area contributed by atoms with E-state index in [0.29, 0.717) is 34.7 Å². The number of carbonyl (C=O) groups excluding carboxylic acids is 2. The third-order valence-electron chi connectivity index (χ3n) is 5.42. The fourth-order valence-electron chi connectivity index (χ4n) is 3.90. The van der Waals surface area contributed by atoms with Crippen molar-refractivity contribution in [2.24, 2.45) is 0 Å². The predicted molar refractivity (Wildman–Crippen MR) is 110 cm³/mol. The number of carboxylic acids is 1. The Morgan fingerprint density at radius 1 is 1.30 bits per heavy atom. The van der Waals surface area contributed by atoms with E-state index in [0.717, 1.165) is 0 Å². The molecule has 0 bridgehead atoms. The number of nitrogens with one attached hydrogen (secondary N) is 1. The Morgan fingerprint density at radius 2 is 2.13 bits per heavy atom. The first-order valence-electron chi connectivity index (χ1n) is 9.68. The van der Waals surface area contributed by atoms with E-state index in [2.05, 4.69) is 5.32 Å². The zero-order valence-electron chi connectivity index (χ0n) is 16.4. The molecular weight excluding hydrogens is 408 g/mol. The molecule has 0 unspecified atom stereocenters. The number of hydrogen-bond donors (Lipinski definition) is 2. The number of hydrogen-bond acceptors (Lipinski definition) is 6. The molecule has 0 spiro atoms. The Labute approximate surface area is 177 Å². The fourth-order valence-corrected chi connectivity index (χ4v) is 4.52. The normalized spacial score (nSPS) is 23.4. The van der Waals surface area contributed by atoms with E-state index in [1.54, 1.807) is 42.3 Å². The maximum Gasteiger partial charge on any atom is 0.305 e. The molecule has 1 fully saturated rings. The molecule has 2 aliphatic heterocycles. The monoisotopic (exact) mass is 430 g/mol. The van der Waals surface area contributed by atoms with E-state index in [9.17, 15) is 14.4 Å². The summed E-state index contributed by atoms with van der Waals surface area (Å²) in [5, 5.41) is 13.7. The lowest BCUT2D eigenvalue weighted by molar-refractivity contribution is -0.148. The third-order valence-corrected chi connectivity index (χ3v) is 6.29. The van der Waals surface area contributed by atoms with Gasteiger partial charge >= 0.3 is 5.97 Å². The minimum absolute atomic E-state index is 0.0647. The highest BCUT2D eigenvalue weighted by atomic mass is 32.1. The molecule has 1 aromatic carbocycles. The first-order valence-corrected chi connectivity index (χ1v) is 10.6. The Balaban J connectivity index is 1.54. The van der Waals surface area contributed by atoms with Gasteiger partial charge in [-0.2, -0.15) is 0 Å². The molecule has 0 aliphatic carbocycles. The smallest absolute Gasteiger partial charge is 0.305 e. The van der Waals surface area contributed by atoms with E-state index < -0.39 is 12.1 Å². The van der Waals surface area contributed by atoms with Crippen molar-refractivity contribution in [2.75, 3.05) is 19.0 Å². The van der Waals surface area contributed by atoms with Crippen LogP contribution < -0.4 is 10.1 Å². The molecule has 1 saturated heterocycles. The van der Waals surface area contributed by atoms with Crippen molar-refractivity contribution in [1.82, 2.24) is 4.90 Å². The maximum absolute atomic E-state index is 13.2. The number of rotatable bonds is 4. The van der Waals surface area contributed by atoms with Crippen molar-refractivity contribution in [2.45, 2.75) is 37.5 Å². The van der Waals surface area contributed by atoms with Gasteiger partial charge in [-0.15, -0.1) is 11.3 Å². The number of nitrogens with zero attached hydrogens (tertiary/aromatic N) is 1. The minimum Gasteiger partial charge on any atom is -0.490 e. The number of fused-ring (bicyclic) bond motifs is 2. The van der Waals surface area contributed by atoms with Gasteiger partial charge < -0.3 is 24.8 Å². The first-order chi connectivity index (χ1) is 14.4. The summed E-state index contributed by atoms with van der Waals surface area (Å²) in [5.41, 5.74) is 0.878. The molecule has 2 aromatic rings. The van der Waals surface area contributed by atoms with Gasteiger partial charge in [0.1, 0.15) is 18.5 Å². The van der Waals surface area contributed by atoms with E-state index in [1.165, 1.54) is 11.3 Å². The van der Waals surface area contributed by atoms with Crippen LogP contribution in [0.2, 0.25) is 0 Å². The van der Waals surface area contributed by atoms with Gasteiger partial charge in [0.25, 0.3) is 11.8 Å². The highest BCUT2D eigenvalue weighted by Gasteiger charge is 2.39. The Morgan fingerprint density at radius 3 is 2.87 bits per heavy atom. The van der Waals surface area contributed by atoms with Gasteiger partial charge in [0.2, 0.25) is 0 Å². The van der Waals surface area contributed by atoms with Crippen LogP contribution in [0.1, 0.15) is 39.3 Å². The number of anilines is 1. The highest BCUT2D eigenvalue weighted by Crippen LogP contribution is 2.32. The number of thiophene rings is 1. The molecule has 30 heavy (non-hydrogen) atoms. The molecule has 0 radical (unpaired) electrons. The van der Waals surface area contributed by atoms with Crippen LogP contribution in [0.15, 0.2) is 35.7 Å². The second-order valence-corrected chi connectivity index (χ2v) is 8.36. The van der Waals surface area contributed by atoms with Gasteiger partial charge in [0.05, 0.1) is 29.0 Å². The van der Waals surface area contributed by atoms with Crippen LogP contribution in [-0.2, 0) is 9.53 Å². The summed E-state index contributed by atoms with van der Waals surface area (Å²) in [6, 6.07) is 8.29. The molecular formula is C21H22N2O6S. The molecule has 0 saturated carbocycles. The lowest BCUT2D eigenvalue weighted by Crippen LogP contribution is -2.53. The van der Waals surface area contributed by atoms with Crippen LogP contribution >= 0.6 is 11.3 Å². The van der Waals surface area contributed by atoms with Crippen LogP contribution in [0.25, 0.3) is 0 Å². The number of aliphatic carboxylic acids is 1. The summed E-state index contributed by atoms with van der Waals surface area (Å²) in [4.78, 5) is 38.7. The Kier molecular flexibility index (Phi) is 5.74. The Bertz CT molecular complexity index is 960. The lowest BCUT2D eigenvalue weighted by atomic mass is 9.94. The zero-order chi connectivity index (χ0) is 21.3. The first kappa shape index (κ1) is 20.4. The second-order valence-electron chi connectivity index (χ2n) is 7.41. The molecule has 9 heteroatoms. The molecule has 4 rings (SSSR count). The molecule has 3 heterocycles. The summed E-state index contributed by atoms with van der Waals surface area (Å²) < 4.78 is 11.8. The molecule has 2 aliphatic rings. The number of carbonyl (C=O) groups is 3. The summed E-state index contributed by atoms with van der Waals surface area (Å²) in [6.45, 7) is 0.215. The van der Waals surface area contributed by atoms with Gasteiger partial charge in [-0.05, 0) is 42.5 Å². The van der Waals surface area contributed by atoms with Crippen molar-refractivity contribution >= 4 is 34.8 Å². The van der Waals surface area contributed by atoms with Gasteiger partial charge in [-0.1, -0.05) is 6.07 Å². The Hall–Kier alpha value is -2.91. The summed E-state index contributed by atoms with van der Waals surface area (Å²) in [5.74, 6) is -0.963. The molecule has 2 N–H and O–H groups in total. The van der Waals surface area contributed by atoms with Crippen molar-refractivity contribution in [3.05, 3.63) is 46.2 Å². The average molecular weight is 430 g/mol. The quantitative estimate of drug-likeness (QED) is 0.773. The second kappa shape index (κ2) is 8.45. The number of likely N-dealkylation sites (N-methyl/N-ethyl adjacent to an activating group) is 1. The minimum atomic E-state index is -0.905. The molecule has 2 amide bonds. The lowest BCUT2D eigenvalue weighted by Gasteiger charge is -2.42. The number of carboxylic acid groups (broad SMARTS) is 1. The van der Waals surface area contributed by atoms with Crippen molar-refractivity contribution < 1.29 is 29.0 Å². The topological polar surface area (TPSA) is 105 Å². The molecule has 158 valence electrons. The van der Waals surface area contributed by atoms with Crippen molar-refractivity contribution in [3.63, 3.8) is 0 Å². The van der Waals surface area contributed by atoms with Gasteiger partial charge in [0, 0.05) is 12.7 Å². The summed E-state index contributed by atoms with van der Waals surface area (Å²) >= 11 is 1.34. The van der Waals surface area contributed by atoms with E-state index in [4.69, 9.17) is 14.6 Å². The van der Waals surface area contributed by atoms with Crippen molar-refractivity contribution in [3.8, 4) is 5.75 Å². The average Bonchev–Trinajstić information content (AvgIpc) is 3.26. The van der Waals surface area contributed by atoms with Gasteiger partial charge in [-0.3, -0.25) is 14.4 Å². The molecule has 1 aromatic heterocycles. The van der Waals surface area contributed by atoms with E-state index >= 15 is 0 Å². The SMILES string of the molecule is CN1C(=O)c2cc(NC(=O)c3cccs3)ccc2OC[C@@H]2O[C@@H](CC(=O)O)CC[C@H]21. The van der Waals surface area contributed by atoms with E-state index in [-0.39, 0.29) is 37.0 Å². The van der Waals surface area contributed by atoms with E-state index in [1.807, 2.05) is 5.38 Å². The largest absolute Gasteiger partial charge is 0.490 e. The highest BCUT2D eigenvalue weighted by molar-refractivity contribution is 7.12. The predicted octanol–water partition coefficient (Wildman–Crippen LogP) is 2.86. The van der Waals surface area contributed by atoms with Gasteiger partial charge in [0.15, 0.2) is 0 Å². The van der Waals surface area contributed by atoms with Crippen molar-refractivity contribution in [1.29, 1.82) is 0 Å². The number of ether oxygens (including phenoxy) is 2. The number of benzene rings is 1.